The molecule has 0 saturated heterocycles. The van der Waals surface area contributed by atoms with E-state index in [0.29, 0.717) is 0 Å². The van der Waals surface area contributed by atoms with Crippen molar-refractivity contribution in [2.24, 2.45) is 0 Å². The Morgan fingerprint density at radius 2 is 1.89 bits per heavy atom. The molecule has 0 aliphatic heterocycles. The Hall–Kier alpha value is -1.02. The van der Waals surface area contributed by atoms with Gasteiger partial charge in [0.1, 0.15) is 11.9 Å². The van der Waals surface area contributed by atoms with Crippen LogP contribution in [0.4, 0.5) is 0 Å². The zero-order chi connectivity index (χ0) is 13.2. The molecule has 0 aromatic heterocycles. The lowest BCUT2D eigenvalue weighted by atomic mass is 9.82. The van der Waals surface area contributed by atoms with Crippen molar-refractivity contribution in [1.29, 1.82) is 0 Å². The fraction of sp³-hybridized carbons (Fsp3) is 0.625. The molecule has 1 aliphatic rings. The second kappa shape index (κ2) is 5.31. The molecule has 0 heterocycles. The molecule has 1 aliphatic carbocycles. The third-order valence-electron chi connectivity index (χ3n) is 4.22. The van der Waals surface area contributed by atoms with Gasteiger partial charge in [-0.15, -0.1) is 0 Å². The van der Waals surface area contributed by atoms with Crippen LogP contribution >= 0.6 is 0 Å². The second-order valence-corrected chi connectivity index (χ2v) is 5.92. The summed E-state index contributed by atoms with van der Waals surface area (Å²) < 4.78 is 5.84. The van der Waals surface area contributed by atoms with Gasteiger partial charge in [-0.25, -0.2) is 0 Å². The largest absolute Gasteiger partial charge is 0.488 e. The zero-order valence-electron chi connectivity index (χ0n) is 11.6. The van der Waals surface area contributed by atoms with Crippen molar-refractivity contribution in [3.8, 4) is 5.75 Å². The van der Waals surface area contributed by atoms with Crippen LogP contribution in [-0.4, -0.2) is 17.3 Å². The zero-order valence-corrected chi connectivity index (χ0v) is 11.6. The first kappa shape index (κ1) is 13.4. The Labute approximate surface area is 110 Å². The number of hydrogen-bond donors (Lipinski definition) is 1. The van der Waals surface area contributed by atoms with E-state index in [-0.39, 0.29) is 17.6 Å². The van der Waals surface area contributed by atoms with E-state index in [1.165, 1.54) is 5.56 Å². The number of ether oxygens (including phenoxy) is 1. The maximum atomic E-state index is 9.75. The highest BCUT2D eigenvalue weighted by atomic mass is 16.5. The minimum atomic E-state index is -0.295. The molecule has 0 unspecified atom stereocenters. The van der Waals surface area contributed by atoms with Crippen LogP contribution in [0.2, 0.25) is 0 Å². The molecule has 0 bridgehead atoms. The fourth-order valence-corrected chi connectivity index (χ4v) is 2.41. The van der Waals surface area contributed by atoms with E-state index in [9.17, 15) is 5.11 Å². The van der Waals surface area contributed by atoms with Gasteiger partial charge in [-0.1, -0.05) is 32.9 Å². The monoisotopic (exact) mass is 248 g/mol. The van der Waals surface area contributed by atoms with Crippen LogP contribution in [0.1, 0.15) is 52.0 Å². The first-order valence-corrected chi connectivity index (χ1v) is 6.98. The van der Waals surface area contributed by atoms with Gasteiger partial charge < -0.3 is 9.84 Å². The minimum absolute atomic E-state index is 0.0185. The van der Waals surface area contributed by atoms with Gasteiger partial charge in [0.25, 0.3) is 0 Å². The molecular formula is C16H24O2. The average molecular weight is 248 g/mol. The molecule has 2 heteroatoms. The normalized spacial score (nSPS) is 24.2. The van der Waals surface area contributed by atoms with Crippen molar-refractivity contribution in [1.82, 2.24) is 0 Å². The van der Waals surface area contributed by atoms with E-state index >= 15 is 0 Å². The van der Waals surface area contributed by atoms with Crippen LogP contribution in [0, 0.1) is 0 Å². The van der Waals surface area contributed by atoms with Crippen molar-refractivity contribution in [2.75, 3.05) is 0 Å². The van der Waals surface area contributed by atoms with Crippen molar-refractivity contribution >= 4 is 0 Å². The van der Waals surface area contributed by atoms with Crippen molar-refractivity contribution in [3.63, 3.8) is 0 Å². The number of aliphatic hydroxyl groups excluding tert-OH is 1. The van der Waals surface area contributed by atoms with Crippen LogP contribution in [0.25, 0.3) is 0 Å². The Bertz CT molecular complexity index is 381. The molecule has 2 atom stereocenters. The molecule has 1 saturated carbocycles. The number of rotatable bonds is 4. The molecule has 1 aromatic rings. The average Bonchev–Trinajstić information content (AvgIpc) is 2.76. The predicted octanol–water partition coefficient (Wildman–Crippen LogP) is 3.67. The Morgan fingerprint density at radius 1 is 1.22 bits per heavy atom. The Kier molecular flexibility index (Phi) is 3.96. The van der Waals surface area contributed by atoms with Gasteiger partial charge in [0.2, 0.25) is 0 Å². The van der Waals surface area contributed by atoms with Gasteiger partial charge in [0.15, 0.2) is 0 Å². The van der Waals surface area contributed by atoms with E-state index in [0.717, 1.165) is 31.4 Å². The summed E-state index contributed by atoms with van der Waals surface area (Å²) in [5.74, 6) is 0.872. The quantitative estimate of drug-likeness (QED) is 0.881. The summed E-state index contributed by atoms with van der Waals surface area (Å²) in [4.78, 5) is 0. The van der Waals surface area contributed by atoms with Crippen LogP contribution in [0.15, 0.2) is 24.3 Å². The highest BCUT2D eigenvalue weighted by Gasteiger charge is 2.27. The molecule has 100 valence electrons. The van der Waals surface area contributed by atoms with Gasteiger partial charge in [0.05, 0.1) is 6.10 Å². The molecule has 0 amide bonds. The molecule has 0 radical (unpaired) electrons. The molecule has 1 fully saturated rings. The SMILES string of the molecule is CCC(C)(C)c1ccc(O[C@@H]2CCC[C@H]2O)cc1. The number of benzene rings is 1. The summed E-state index contributed by atoms with van der Waals surface area (Å²) in [5, 5.41) is 9.75. The van der Waals surface area contributed by atoms with Crippen LogP contribution in [0.3, 0.4) is 0 Å². The number of aliphatic hydroxyl groups is 1. The minimum Gasteiger partial charge on any atom is -0.488 e. The third kappa shape index (κ3) is 2.86. The molecule has 1 aromatic carbocycles. The summed E-state index contributed by atoms with van der Waals surface area (Å²) in [5.41, 5.74) is 1.55. The summed E-state index contributed by atoms with van der Waals surface area (Å²) in [6, 6.07) is 8.33. The molecule has 2 rings (SSSR count). The van der Waals surface area contributed by atoms with Crippen molar-refractivity contribution in [3.05, 3.63) is 29.8 Å². The lowest BCUT2D eigenvalue weighted by Gasteiger charge is -2.24. The summed E-state index contributed by atoms with van der Waals surface area (Å²) >= 11 is 0. The molecule has 18 heavy (non-hydrogen) atoms. The van der Waals surface area contributed by atoms with Crippen LogP contribution in [-0.2, 0) is 5.41 Å². The summed E-state index contributed by atoms with van der Waals surface area (Å²) in [6.45, 7) is 6.71. The van der Waals surface area contributed by atoms with Crippen molar-refractivity contribution < 1.29 is 9.84 Å². The smallest absolute Gasteiger partial charge is 0.124 e. The maximum Gasteiger partial charge on any atom is 0.124 e. The fourth-order valence-electron chi connectivity index (χ4n) is 2.41. The second-order valence-electron chi connectivity index (χ2n) is 5.92. The summed E-state index contributed by atoms with van der Waals surface area (Å²) in [7, 11) is 0. The predicted molar refractivity (Wildman–Crippen MR) is 74.0 cm³/mol. The standard InChI is InChI=1S/C16H24O2/c1-4-16(2,3)12-8-10-13(11-9-12)18-15-7-5-6-14(15)17/h8-11,14-15,17H,4-7H2,1-3H3/t14-,15-/m1/s1. The highest BCUT2D eigenvalue weighted by molar-refractivity contribution is 5.31. The Morgan fingerprint density at radius 3 is 2.39 bits per heavy atom. The molecule has 2 nitrogen and oxygen atoms in total. The molecule has 0 spiro atoms. The molecular weight excluding hydrogens is 224 g/mol. The number of hydrogen-bond acceptors (Lipinski definition) is 2. The Balaban J connectivity index is 2.04. The first-order chi connectivity index (χ1) is 8.53. The summed E-state index contributed by atoms with van der Waals surface area (Å²) in [6.07, 6.45) is 3.70. The van der Waals surface area contributed by atoms with Gasteiger partial charge in [-0.05, 0) is 48.8 Å². The van der Waals surface area contributed by atoms with Crippen LogP contribution < -0.4 is 4.74 Å². The lowest BCUT2D eigenvalue weighted by molar-refractivity contribution is 0.0604. The van der Waals surface area contributed by atoms with E-state index < -0.39 is 0 Å². The third-order valence-corrected chi connectivity index (χ3v) is 4.22. The van der Waals surface area contributed by atoms with E-state index in [2.05, 4.69) is 32.9 Å². The van der Waals surface area contributed by atoms with E-state index in [1.807, 2.05) is 12.1 Å². The van der Waals surface area contributed by atoms with Gasteiger partial charge in [-0.3, -0.25) is 0 Å². The topological polar surface area (TPSA) is 29.5 Å². The van der Waals surface area contributed by atoms with Crippen molar-refractivity contribution in [2.45, 2.75) is 64.1 Å². The maximum absolute atomic E-state index is 9.75. The van der Waals surface area contributed by atoms with E-state index in [1.54, 1.807) is 0 Å². The van der Waals surface area contributed by atoms with Gasteiger partial charge in [-0.2, -0.15) is 0 Å². The molecule has 1 N–H and O–H groups in total. The van der Waals surface area contributed by atoms with Gasteiger partial charge in [0, 0.05) is 0 Å². The lowest BCUT2D eigenvalue weighted by Crippen LogP contribution is -2.25. The highest BCUT2D eigenvalue weighted by Crippen LogP contribution is 2.29. The first-order valence-electron chi connectivity index (χ1n) is 6.98. The van der Waals surface area contributed by atoms with Crippen LogP contribution in [0.5, 0.6) is 5.75 Å². The van der Waals surface area contributed by atoms with E-state index in [4.69, 9.17) is 4.74 Å². The van der Waals surface area contributed by atoms with Gasteiger partial charge >= 0.3 is 0 Å².